The molecule has 3 saturated carbocycles. The molecule has 4 aliphatic carbocycles. The third kappa shape index (κ3) is 3.79. The van der Waals surface area contributed by atoms with Crippen LogP contribution in [0.1, 0.15) is 99.3 Å². The summed E-state index contributed by atoms with van der Waals surface area (Å²) in [7, 11) is 0. The molecular weight excluding hydrogens is 380 g/mol. The molecule has 4 rings (SSSR count). The SMILES string of the molecule is CC=C(CCC(C)C1CCC2C3CC(O)C4=CC(=O)CCC4(C)C3CCC12C)C(C)C. The number of hydrogen-bond acceptors (Lipinski definition) is 2. The zero-order chi connectivity index (χ0) is 22.6. The summed E-state index contributed by atoms with van der Waals surface area (Å²) in [6, 6.07) is 0. The molecule has 2 nitrogen and oxygen atoms in total. The summed E-state index contributed by atoms with van der Waals surface area (Å²) in [5.74, 6) is 4.50. The van der Waals surface area contributed by atoms with Gasteiger partial charge < -0.3 is 5.11 Å². The second kappa shape index (κ2) is 8.47. The smallest absolute Gasteiger partial charge is 0.155 e. The maximum absolute atomic E-state index is 12.1. The summed E-state index contributed by atoms with van der Waals surface area (Å²) < 4.78 is 0. The molecular formula is C29H46O2. The van der Waals surface area contributed by atoms with Gasteiger partial charge >= 0.3 is 0 Å². The van der Waals surface area contributed by atoms with E-state index in [9.17, 15) is 9.90 Å². The van der Waals surface area contributed by atoms with Crippen LogP contribution >= 0.6 is 0 Å². The molecule has 0 heterocycles. The first-order valence-corrected chi connectivity index (χ1v) is 13.2. The number of aliphatic hydroxyl groups excluding tert-OH is 1. The van der Waals surface area contributed by atoms with Crippen LogP contribution in [0.25, 0.3) is 0 Å². The lowest BCUT2D eigenvalue weighted by Gasteiger charge is -2.59. The van der Waals surface area contributed by atoms with Crippen molar-refractivity contribution < 1.29 is 9.90 Å². The molecule has 0 saturated heterocycles. The van der Waals surface area contributed by atoms with E-state index >= 15 is 0 Å². The van der Waals surface area contributed by atoms with Crippen molar-refractivity contribution in [3.8, 4) is 0 Å². The molecule has 0 aromatic carbocycles. The normalized spacial score (nSPS) is 43.9. The van der Waals surface area contributed by atoms with Crippen LogP contribution in [0.5, 0.6) is 0 Å². The Balaban J connectivity index is 1.52. The molecule has 1 N–H and O–H groups in total. The highest BCUT2D eigenvalue weighted by Crippen LogP contribution is 2.67. The summed E-state index contributed by atoms with van der Waals surface area (Å²) >= 11 is 0. The first-order chi connectivity index (χ1) is 14.6. The number of carbonyl (C=O) groups is 1. The average Bonchev–Trinajstić information content (AvgIpc) is 3.07. The van der Waals surface area contributed by atoms with Crippen molar-refractivity contribution in [1.29, 1.82) is 0 Å². The molecule has 4 aliphatic rings. The third-order valence-electron chi connectivity index (χ3n) is 10.7. The van der Waals surface area contributed by atoms with Crippen LogP contribution in [0.15, 0.2) is 23.3 Å². The van der Waals surface area contributed by atoms with Crippen LogP contribution in [0.4, 0.5) is 0 Å². The summed E-state index contributed by atoms with van der Waals surface area (Å²) in [5, 5.41) is 11.1. The van der Waals surface area contributed by atoms with Gasteiger partial charge in [-0.25, -0.2) is 0 Å². The molecule has 0 radical (unpaired) electrons. The fourth-order valence-corrected chi connectivity index (χ4v) is 8.94. The molecule has 0 bridgehead atoms. The van der Waals surface area contributed by atoms with Crippen molar-refractivity contribution in [2.24, 2.45) is 46.3 Å². The predicted molar refractivity (Wildman–Crippen MR) is 129 cm³/mol. The molecule has 31 heavy (non-hydrogen) atoms. The van der Waals surface area contributed by atoms with Gasteiger partial charge in [-0.15, -0.1) is 0 Å². The zero-order valence-electron chi connectivity index (χ0n) is 20.9. The van der Waals surface area contributed by atoms with Crippen molar-refractivity contribution in [1.82, 2.24) is 0 Å². The largest absolute Gasteiger partial charge is 0.389 e. The van der Waals surface area contributed by atoms with Gasteiger partial charge in [-0.2, -0.15) is 0 Å². The van der Waals surface area contributed by atoms with Gasteiger partial charge in [0.25, 0.3) is 0 Å². The van der Waals surface area contributed by atoms with Crippen molar-refractivity contribution in [2.75, 3.05) is 0 Å². The number of allylic oxidation sites excluding steroid dienone is 2. The lowest BCUT2D eigenvalue weighted by Crippen LogP contribution is -2.54. The highest BCUT2D eigenvalue weighted by molar-refractivity contribution is 5.91. The number of carbonyl (C=O) groups excluding carboxylic acids is 1. The fourth-order valence-electron chi connectivity index (χ4n) is 8.94. The van der Waals surface area contributed by atoms with Gasteiger partial charge in [-0.1, -0.05) is 46.3 Å². The third-order valence-corrected chi connectivity index (χ3v) is 10.7. The minimum absolute atomic E-state index is 0.0410. The van der Waals surface area contributed by atoms with Crippen LogP contribution < -0.4 is 0 Å². The first kappa shape index (κ1) is 23.3. The monoisotopic (exact) mass is 426 g/mol. The number of rotatable bonds is 5. The Labute approximate surface area is 191 Å². The quantitative estimate of drug-likeness (QED) is 0.475. The molecule has 8 atom stereocenters. The molecule has 0 aromatic heterocycles. The van der Waals surface area contributed by atoms with Crippen LogP contribution in [-0.4, -0.2) is 17.0 Å². The summed E-state index contributed by atoms with van der Waals surface area (Å²) in [5.41, 5.74) is 3.16. The van der Waals surface area contributed by atoms with Crippen LogP contribution in [0, 0.1) is 46.3 Å². The van der Waals surface area contributed by atoms with E-state index in [1.54, 1.807) is 5.57 Å². The summed E-state index contributed by atoms with van der Waals surface area (Å²) in [4.78, 5) is 12.1. The maximum Gasteiger partial charge on any atom is 0.155 e. The van der Waals surface area contributed by atoms with E-state index in [1.165, 1.54) is 38.5 Å². The number of ketones is 1. The Hall–Kier alpha value is -0.890. The van der Waals surface area contributed by atoms with Gasteiger partial charge in [-0.3, -0.25) is 4.79 Å². The highest BCUT2D eigenvalue weighted by atomic mass is 16.3. The Kier molecular flexibility index (Phi) is 6.36. The average molecular weight is 427 g/mol. The standard InChI is InChI=1S/C29H46O2/c1-7-20(18(2)3)9-8-19(4)23-10-11-24-22-17-27(31)26-16-21(30)12-14-29(26,6)25(22)13-15-28(23,24)5/h7,16,18-19,22-25,27,31H,8-15,17H2,1-6H3. The van der Waals surface area contributed by atoms with Gasteiger partial charge in [0.05, 0.1) is 6.10 Å². The molecule has 0 aromatic rings. The Bertz CT molecular complexity index is 761. The topological polar surface area (TPSA) is 37.3 Å². The minimum atomic E-state index is -0.405. The predicted octanol–water partition coefficient (Wildman–Crippen LogP) is 7.12. The Morgan fingerprint density at radius 2 is 1.90 bits per heavy atom. The van der Waals surface area contributed by atoms with Crippen LogP contribution in [-0.2, 0) is 4.79 Å². The van der Waals surface area contributed by atoms with Crippen LogP contribution in [0.3, 0.4) is 0 Å². The molecule has 3 fully saturated rings. The Morgan fingerprint density at radius 3 is 2.58 bits per heavy atom. The van der Waals surface area contributed by atoms with E-state index < -0.39 is 6.10 Å². The van der Waals surface area contributed by atoms with Gasteiger partial charge in [-0.05, 0) is 116 Å². The second-order valence-electron chi connectivity index (χ2n) is 12.4. The van der Waals surface area contributed by atoms with Crippen molar-refractivity contribution in [2.45, 2.75) is 105 Å². The number of fused-ring (bicyclic) bond motifs is 5. The molecule has 0 aliphatic heterocycles. The molecule has 8 unspecified atom stereocenters. The summed E-state index contributed by atoms with van der Waals surface area (Å²) in [6.45, 7) is 14.3. The highest BCUT2D eigenvalue weighted by Gasteiger charge is 2.60. The molecule has 0 spiro atoms. The van der Waals surface area contributed by atoms with Gasteiger partial charge in [0.15, 0.2) is 5.78 Å². The van der Waals surface area contributed by atoms with Gasteiger partial charge in [0.1, 0.15) is 0 Å². The molecule has 0 amide bonds. The number of hydrogen-bond donors (Lipinski definition) is 1. The molecule has 174 valence electrons. The van der Waals surface area contributed by atoms with E-state index in [1.807, 2.05) is 6.08 Å². The van der Waals surface area contributed by atoms with E-state index in [2.05, 4.69) is 47.6 Å². The van der Waals surface area contributed by atoms with Crippen LogP contribution in [0.2, 0.25) is 0 Å². The van der Waals surface area contributed by atoms with Crippen molar-refractivity contribution >= 4 is 5.78 Å². The molecule has 2 heteroatoms. The summed E-state index contributed by atoms with van der Waals surface area (Å²) in [6.07, 6.45) is 14.1. The first-order valence-electron chi connectivity index (χ1n) is 13.2. The van der Waals surface area contributed by atoms with E-state index in [4.69, 9.17) is 0 Å². The van der Waals surface area contributed by atoms with E-state index in [0.29, 0.717) is 29.6 Å². The van der Waals surface area contributed by atoms with Crippen molar-refractivity contribution in [3.63, 3.8) is 0 Å². The lowest BCUT2D eigenvalue weighted by atomic mass is 9.46. The fraction of sp³-hybridized carbons (Fsp3) is 0.828. The maximum atomic E-state index is 12.1. The minimum Gasteiger partial charge on any atom is -0.389 e. The van der Waals surface area contributed by atoms with E-state index in [-0.39, 0.29) is 11.2 Å². The Morgan fingerprint density at radius 1 is 1.16 bits per heavy atom. The van der Waals surface area contributed by atoms with Gasteiger partial charge in [0, 0.05) is 6.42 Å². The van der Waals surface area contributed by atoms with Gasteiger partial charge in [0.2, 0.25) is 0 Å². The van der Waals surface area contributed by atoms with Crippen molar-refractivity contribution in [3.05, 3.63) is 23.3 Å². The zero-order valence-corrected chi connectivity index (χ0v) is 20.9. The van der Waals surface area contributed by atoms with E-state index in [0.717, 1.165) is 36.2 Å². The number of aliphatic hydroxyl groups is 1. The second-order valence-corrected chi connectivity index (χ2v) is 12.4. The lowest BCUT2D eigenvalue weighted by molar-refractivity contribution is -0.119.